The van der Waals surface area contributed by atoms with E-state index in [1.807, 2.05) is 0 Å². The van der Waals surface area contributed by atoms with Gasteiger partial charge in [0.2, 0.25) is 0 Å². The monoisotopic (exact) mass is 441 g/mol. The van der Waals surface area contributed by atoms with E-state index in [1.54, 1.807) is 81.4 Å². The lowest BCUT2D eigenvalue weighted by Crippen LogP contribution is -2.27. The summed E-state index contributed by atoms with van der Waals surface area (Å²) in [7, 11) is -3.60. The van der Waals surface area contributed by atoms with E-state index in [1.165, 1.54) is 12.1 Å². The second-order valence-corrected chi connectivity index (χ2v) is 10.1. The molecule has 1 N–H and O–H groups in total. The van der Waals surface area contributed by atoms with Gasteiger partial charge in [0.1, 0.15) is 11.4 Å². The molecule has 0 saturated carbocycles. The van der Waals surface area contributed by atoms with E-state index >= 15 is 0 Å². The molecule has 0 heterocycles. The molecule has 3 aromatic rings. The van der Waals surface area contributed by atoms with Gasteiger partial charge >= 0.3 is 6.09 Å². The Hall–Kier alpha value is -3.19. The van der Waals surface area contributed by atoms with E-state index in [0.717, 1.165) is 5.56 Å². The van der Waals surface area contributed by atoms with Crippen molar-refractivity contribution in [2.24, 2.45) is 0 Å². The standard InChI is InChI=1S/C24H24FNO4S/c1-24(2,3)30-23(27)26-21-13-7-17(8-14-21)16-31(28,29)22-6-4-5-19(15-22)18-9-11-20(25)12-10-18/h4-15H,16H2,1-3H3,(H,26,27). The Kier molecular flexibility index (Phi) is 6.45. The first kappa shape index (κ1) is 22.5. The molecule has 0 saturated heterocycles. The van der Waals surface area contributed by atoms with Gasteiger partial charge in [0.25, 0.3) is 0 Å². The highest BCUT2D eigenvalue weighted by atomic mass is 32.2. The lowest BCUT2D eigenvalue weighted by Gasteiger charge is -2.19. The molecule has 5 nitrogen and oxygen atoms in total. The SMILES string of the molecule is CC(C)(C)OC(=O)Nc1ccc(CS(=O)(=O)c2cccc(-c3ccc(F)cc3)c2)cc1. The Balaban J connectivity index is 1.73. The predicted octanol–water partition coefficient (Wildman–Crippen LogP) is 5.81. The predicted molar refractivity (Wildman–Crippen MR) is 119 cm³/mol. The van der Waals surface area contributed by atoms with Gasteiger partial charge in [-0.05, 0) is 73.9 Å². The number of nitrogens with one attached hydrogen (secondary N) is 1. The molecule has 3 rings (SSSR count). The number of anilines is 1. The van der Waals surface area contributed by atoms with Crippen LogP contribution in [0.4, 0.5) is 14.9 Å². The van der Waals surface area contributed by atoms with Gasteiger partial charge < -0.3 is 4.74 Å². The summed E-state index contributed by atoms with van der Waals surface area (Å²) in [6.45, 7) is 5.31. The molecule has 0 aliphatic carbocycles. The quantitative estimate of drug-likeness (QED) is 0.542. The third-order valence-electron chi connectivity index (χ3n) is 4.33. The molecular weight excluding hydrogens is 417 g/mol. The fourth-order valence-electron chi connectivity index (χ4n) is 2.92. The number of rotatable bonds is 5. The Morgan fingerprint density at radius 2 is 1.58 bits per heavy atom. The van der Waals surface area contributed by atoms with Crippen LogP contribution in [-0.2, 0) is 20.3 Å². The Bertz CT molecular complexity index is 1170. The second kappa shape index (κ2) is 8.89. The fraction of sp³-hybridized carbons (Fsp3) is 0.208. The van der Waals surface area contributed by atoms with Gasteiger partial charge in [-0.15, -0.1) is 0 Å². The van der Waals surface area contributed by atoms with Crippen molar-refractivity contribution >= 4 is 21.6 Å². The Morgan fingerprint density at radius 3 is 2.19 bits per heavy atom. The van der Waals surface area contributed by atoms with Crippen LogP contribution in [0, 0.1) is 5.82 Å². The highest BCUT2D eigenvalue weighted by Crippen LogP contribution is 2.25. The van der Waals surface area contributed by atoms with Crippen molar-refractivity contribution in [1.29, 1.82) is 0 Å². The van der Waals surface area contributed by atoms with Crippen LogP contribution < -0.4 is 5.32 Å². The Labute approximate surface area is 181 Å². The van der Waals surface area contributed by atoms with Gasteiger partial charge in [-0.1, -0.05) is 36.4 Å². The van der Waals surface area contributed by atoms with Crippen LogP contribution in [0.25, 0.3) is 11.1 Å². The summed E-state index contributed by atoms with van der Waals surface area (Å²) in [5, 5.41) is 2.61. The summed E-state index contributed by atoms with van der Waals surface area (Å²) >= 11 is 0. The molecule has 0 radical (unpaired) electrons. The van der Waals surface area contributed by atoms with Crippen molar-refractivity contribution in [3.8, 4) is 11.1 Å². The van der Waals surface area contributed by atoms with E-state index in [2.05, 4.69) is 5.32 Å². The molecule has 0 unspecified atom stereocenters. The second-order valence-electron chi connectivity index (χ2n) is 8.12. The van der Waals surface area contributed by atoms with Crippen LogP contribution in [-0.4, -0.2) is 20.1 Å². The van der Waals surface area contributed by atoms with Gasteiger partial charge in [0.15, 0.2) is 9.84 Å². The number of amides is 1. The van der Waals surface area contributed by atoms with Crippen molar-refractivity contribution < 1.29 is 22.3 Å². The van der Waals surface area contributed by atoms with Crippen molar-refractivity contribution in [2.45, 2.75) is 37.0 Å². The molecule has 0 bridgehead atoms. The first-order valence-corrected chi connectivity index (χ1v) is 11.3. The number of hydrogen-bond acceptors (Lipinski definition) is 4. The first-order chi connectivity index (χ1) is 14.5. The number of benzene rings is 3. The maximum atomic E-state index is 13.2. The summed E-state index contributed by atoms with van der Waals surface area (Å²) in [4.78, 5) is 12.0. The van der Waals surface area contributed by atoms with Crippen molar-refractivity contribution in [1.82, 2.24) is 0 Å². The minimum atomic E-state index is -3.60. The zero-order valence-electron chi connectivity index (χ0n) is 17.6. The molecule has 0 aliphatic heterocycles. The summed E-state index contributed by atoms with van der Waals surface area (Å²) in [5.41, 5.74) is 1.91. The molecule has 0 spiro atoms. The van der Waals surface area contributed by atoms with Gasteiger partial charge in [0.05, 0.1) is 10.6 Å². The third-order valence-corrected chi connectivity index (χ3v) is 6.01. The normalized spacial score (nSPS) is 11.7. The lowest BCUT2D eigenvalue weighted by atomic mass is 10.1. The van der Waals surface area contributed by atoms with Crippen LogP contribution in [0.3, 0.4) is 0 Å². The minimum Gasteiger partial charge on any atom is -0.444 e. The molecule has 0 fully saturated rings. The van der Waals surface area contributed by atoms with Gasteiger partial charge in [-0.3, -0.25) is 5.32 Å². The molecule has 0 aromatic heterocycles. The number of carbonyl (C=O) groups is 1. The first-order valence-electron chi connectivity index (χ1n) is 9.70. The zero-order valence-corrected chi connectivity index (χ0v) is 18.4. The van der Waals surface area contributed by atoms with E-state index in [-0.39, 0.29) is 16.5 Å². The van der Waals surface area contributed by atoms with Crippen molar-refractivity contribution in [3.05, 3.63) is 84.2 Å². The molecule has 0 aliphatic rings. The Morgan fingerprint density at radius 1 is 0.935 bits per heavy atom. The average Bonchev–Trinajstić information content (AvgIpc) is 2.68. The number of carbonyl (C=O) groups excluding carboxylic acids is 1. The zero-order chi connectivity index (χ0) is 22.6. The average molecular weight is 442 g/mol. The third kappa shape index (κ3) is 6.39. The summed E-state index contributed by atoms with van der Waals surface area (Å²) in [6, 6.07) is 19.0. The van der Waals surface area contributed by atoms with Crippen LogP contribution in [0.5, 0.6) is 0 Å². The van der Waals surface area contributed by atoms with E-state index < -0.39 is 21.5 Å². The molecule has 162 valence electrons. The number of sulfone groups is 1. The molecule has 1 amide bonds. The molecular formula is C24H24FNO4S. The summed E-state index contributed by atoms with van der Waals surface area (Å²) < 4.78 is 44.2. The number of ether oxygens (including phenoxy) is 1. The molecule has 7 heteroatoms. The lowest BCUT2D eigenvalue weighted by molar-refractivity contribution is 0.0636. The maximum Gasteiger partial charge on any atom is 0.412 e. The summed E-state index contributed by atoms with van der Waals surface area (Å²) in [5.74, 6) is -0.538. The van der Waals surface area contributed by atoms with E-state index in [9.17, 15) is 17.6 Å². The topological polar surface area (TPSA) is 72.5 Å². The van der Waals surface area contributed by atoms with Gasteiger partial charge in [-0.2, -0.15) is 0 Å². The molecule has 3 aromatic carbocycles. The summed E-state index contributed by atoms with van der Waals surface area (Å²) in [6.07, 6.45) is -0.578. The highest BCUT2D eigenvalue weighted by Gasteiger charge is 2.18. The maximum absolute atomic E-state index is 13.2. The van der Waals surface area contributed by atoms with E-state index in [0.29, 0.717) is 16.8 Å². The molecule has 31 heavy (non-hydrogen) atoms. The van der Waals surface area contributed by atoms with Crippen LogP contribution in [0.2, 0.25) is 0 Å². The highest BCUT2D eigenvalue weighted by molar-refractivity contribution is 7.90. The van der Waals surface area contributed by atoms with Crippen LogP contribution >= 0.6 is 0 Å². The van der Waals surface area contributed by atoms with E-state index in [4.69, 9.17) is 4.74 Å². The minimum absolute atomic E-state index is 0.185. The van der Waals surface area contributed by atoms with Crippen molar-refractivity contribution in [3.63, 3.8) is 0 Å². The smallest absolute Gasteiger partial charge is 0.412 e. The van der Waals surface area contributed by atoms with Gasteiger partial charge in [-0.25, -0.2) is 17.6 Å². The number of hydrogen-bond donors (Lipinski definition) is 1. The van der Waals surface area contributed by atoms with Crippen LogP contribution in [0.15, 0.2) is 77.7 Å². The largest absolute Gasteiger partial charge is 0.444 e. The fourth-order valence-corrected chi connectivity index (χ4v) is 4.31. The van der Waals surface area contributed by atoms with Crippen molar-refractivity contribution in [2.75, 3.05) is 5.32 Å². The molecule has 0 atom stereocenters. The van der Waals surface area contributed by atoms with Gasteiger partial charge in [0, 0.05) is 5.69 Å². The van der Waals surface area contributed by atoms with Crippen LogP contribution in [0.1, 0.15) is 26.3 Å². The number of halogens is 1.